The molecule has 6 heteroatoms. The molecule has 4 fully saturated rings. The minimum atomic E-state index is -0.649. The van der Waals surface area contributed by atoms with Crippen LogP contribution in [0.15, 0.2) is 12.2 Å². The summed E-state index contributed by atoms with van der Waals surface area (Å²) in [4.78, 5) is 25.3. The van der Waals surface area contributed by atoms with Crippen LogP contribution >= 0.6 is 0 Å². The Morgan fingerprint density at radius 3 is 2.40 bits per heavy atom. The van der Waals surface area contributed by atoms with Crippen LogP contribution in [-0.2, 0) is 23.7 Å². The van der Waals surface area contributed by atoms with Crippen molar-refractivity contribution < 1.29 is 28.5 Å². The molecule has 0 aromatic rings. The molecule has 0 radical (unpaired) electrons. The van der Waals surface area contributed by atoms with Crippen LogP contribution in [0.3, 0.4) is 0 Å². The van der Waals surface area contributed by atoms with Crippen molar-refractivity contribution in [3.63, 3.8) is 0 Å². The summed E-state index contributed by atoms with van der Waals surface area (Å²) in [5.74, 6) is 2.95. The zero-order valence-electron chi connectivity index (χ0n) is 18.3. The Labute approximate surface area is 178 Å². The number of allylic oxidation sites excluding steroid dienone is 2. The quantitative estimate of drug-likeness (QED) is 0.381. The fourth-order valence-electron chi connectivity index (χ4n) is 7.18. The second-order valence-corrected chi connectivity index (χ2v) is 10.9. The average Bonchev–Trinajstić information content (AvgIpc) is 3.41. The van der Waals surface area contributed by atoms with Crippen LogP contribution in [0.5, 0.6) is 0 Å². The molecule has 0 N–H and O–H groups in total. The molecule has 30 heavy (non-hydrogen) atoms. The molecular formula is C24H34O6. The SMILES string of the molecule is CC(C)(C)OC(=O)CC1C2CC(C1OC(=O)OC1CCCCO1)C1C3C=CC(C3)C21. The normalized spacial score (nSPS) is 43.5. The molecule has 0 amide bonds. The van der Waals surface area contributed by atoms with Crippen molar-refractivity contribution in [2.75, 3.05) is 6.61 Å². The standard InChI is InChI=1S/C24H34O6/c1-24(2,3)30-18(25)12-16-15-11-17(21-14-8-7-13(10-14)20(15)21)22(16)29-23(26)28-19-6-4-5-9-27-19/h7-8,13-17,19-22H,4-6,9-12H2,1-3H3. The van der Waals surface area contributed by atoms with Crippen molar-refractivity contribution in [2.24, 2.45) is 41.4 Å². The molecule has 4 aliphatic carbocycles. The van der Waals surface area contributed by atoms with Gasteiger partial charge < -0.3 is 18.9 Å². The molecule has 5 aliphatic rings. The van der Waals surface area contributed by atoms with E-state index in [4.69, 9.17) is 18.9 Å². The van der Waals surface area contributed by atoms with Gasteiger partial charge in [0.15, 0.2) is 0 Å². The third-order valence-electron chi connectivity index (χ3n) is 7.93. The van der Waals surface area contributed by atoms with Crippen LogP contribution in [0.25, 0.3) is 0 Å². The topological polar surface area (TPSA) is 71.1 Å². The van der Waals surface area contributed by atoms with Crippen LogP contribution in [0.4, 0.5) is 4.79 Å². The highest BCUT2D eigenvalue weighted by Gasteiger charge is 2.66. The van der Waals surface area contributed by atoms with Gasteiger partial charge in [0.25, 0.3) is 0 Å². The summed E-state index contributed by atoms with van der Waals surface area (Å²) in [6.07, 6.45) is 8.58. The van der Waals surface area contributed by atoms with Crippen molar-refractivity contribution in [1.82, 2.24) is 0 Å². The average molecular weight is 419 g/mol. The van der Waals surface area contributed by atoms with Crippen LogP contribution in [0, 0.1) is 41.4 Å². The molecule has 0 spiro atoms. The van der Waals surface area contributed by atoms with Crippen LogP contribution in [0.1, 0.15) is 59.3 Å². The van der Waals surface area contributed by atoms with Gasteiger partial charge in [-0.2, -0.15) is 0 Å². The lowest BCUT2D eigenvalue weighted by Gasteiger charge is -2.41. The maximum absolute atomic E-state index is 12.7. The van der Waals surface area contributed by atoms with E-state index in [1.54, 1.807) is 0 Å². The van der Waals surface area contributed by atoms with Gasteiger partial charge >= 0.3 is 12.1 Å². The molecule has 4 bridgehead atoms. The third kappa shape index (κ3) is 3.65. The number of ether oxygens (including phenoxy) is 4. The molecule has 3 saturated carbocycles. The van der Waals surface area contributed by atoms with E-state index in [9.17, 15) is 9.59 Å². The van der Waals surface area contributed by atoms with Gasteiger partial charge in [-0.3, -0.25) is 4.79 Å². The minimum absolute atomic E-state index is 0.0127. The molecule has 9 unspecified atom stereocenters. The number of fused-ring (bicyclic) bond motifs is 9. The number of carbonyl (C=O) groups excluding carboxylic acids is 2. The van der Waals surface area contributed by atoms with Crippen LogP contribution in [-0.4, -0.2) is 36.7 Å². The molecule has 6 nitrogen and oxygen atoms in total. The predicted molar refractivity (Wildman–Crippen MR) is 108 cm³/mol. The van der Waals surface area contributed by atoms with Gasteiger partial charge in [0.2, 0.25) is 6.29 Å². The monoisotopic (exact) mass is 418 g/mol. The van der Waals surface area contributed by atoms with Crippen molar-refractivity contribution in [1.29, 1.82) is 0 Å². The van der Waals surface area contributed by atoms with E-state index in [1.807, 2.05) is 20.8 Å². The van der Waals surface area contributed by atoms with Crippen molar-refractivity contribution in [3.05, 3.63) is 12.2 Å². The Bertz CT molecular complexity index is 718. The Morgan fingerprint density at radius 2 is 1.73 bits per heavy atom. The highest BCUT2D eigenvalue weighted by molar-refractivity contribution is 5.70. The summed E-state index contributed by atoms with van der Waals surface area (Å²) in [5.41, 5.74) is -0.514. The summed E-state index contributed by atoms with van der Waals surface area (Å²) >= 11 is 0. The van der Waals surface area contributed by atoms with E-state index < -0.39 is 18.0 Å². The van der Waals surface area contributed by atoms with Crippen LogP contribution in [0.2, 0.25) is 0 Å². The fraction of sp³-hybridized carbons (Fsp3) is 0.833. The van der Waals surface area contributed by atoms with Crippen molar-refractivity contribution in [3.8, 4) is 0 Å². The van der Waals surface area contributed by atoms with Gasteiger partial charge in [-0.15, -0.1) is 0 Å². The summed E-state index contributed by atoms with van der Waals surface area (Å²) in [6, 6.07) is 0. The largest absolute Gasteiger partial charge is 0.510 e. The number of hydrogen-bond donors (Lipinski definition) is 0. The van der Waals surface area contributed by atoms with E-state index in [1.165, 1.54) is 6.42 Å². The maximum Gasteiger partial charge on any atom is 0.510 e. The van der Waals surface area contributed by atoms with Crippen LogP contribution < -0.4 is 0 Å². The zero-order valence-corrected chi connectivity index (χ0v) is 18.3. The van der Waals surface area contributed by atoms with E-state index in [-0.39, 0.29) is 18.0 Å². The molecule has 1 saturated heterocycles. The summed E-state index contributed by atoms with van der Waals surface area (Å²) in [5, 5.41) is 0. The first-order valence-electron chi connectivity index (χ1n) is 11.7. The number of carbonyl (C=O) groups is 2. The van der Waals surface area contributed by atoms with Crippen molar-refractivity contribution >= 4 is 12.1 Å². The van der Waals surface area contributed by atoms with Gasteiger partial charge in [-0.05, 0) is 76.0 Å². The van der Waals surface area contributed by atoms with E-state index >= 15 is 0 Å². The Kier molecular flexibility index (Phi) is 5.11. The smallest absolute Gasteiger partial charge is 0.460 e. The van der Waals surface area contributed by atoms with E-state index in [0.717, 1.165) is 19.3 Å². The highest BCUT2D eigenvalue weighted by Crippen LogP contribution is 2.68. The second-order valence-electron chi connectivity index (χ2n) is 10.9. The molecule has 5 rings (SSSR count). The minimum Gasteiger partial charge on any atom is -0.460 e. The zero-order chi connectivity index (χ0) is 21.0. The maximum atomic E-state index is 12.7. The van der Waals surface area contributed by atoms with Gasteiger partial charge in [-0.1, -0.05) is 12.2 Å². The number of hydrogen-bond acceptors (Lipinski definition) is 6. The molecule has 1 aliphatic heterocycles. The lowest BCUT2D eigenvalue weighted by Crippen LogP contribution is -2.44. The van der Waals surface area contributed by atoms with Gasteiger partial charge in [0.05, 0.1) is 13.0 Å². The third-order valence-corrected chi connectivity index (χ3v) is 7.93. The summed E-state index contributed by atoms with van der Waals surface area (Å²) in [7, 11) is 0. The Morgan fingerprint density at radius 1 is 1.00 bits per heavy atom. The van der Waals surface area contributed by atoms with E-state index in [2.05, 4.69) is 12.2 Å². The second kappa shape index (κ2) is 7.54. The summed E-state index contributed by atoms with van der Waals surface area (Å²) in [6.45, 7) is 6.28. The molecule has 1 heterocycles. The van der Waals surface area contributed by atoms with Gasteiger partial charge in [0, 0.05) is 18.3 Å². The Balaban J connectivity index is 1.30. The lowest BCUT2D eigenvalue weighted by atomic mass is 9.67. The lowest BCUT2D eigenvalue weighted by molar-refractivity contribution is -0.163. The van der Waals surface area contributed by atoms with Gasteiger partial charge in [-0.25, -0.2) is 4.79 Å². The van der Waals surface area contributed by atoms with Crippen molar-refractivity contribution in [2.45, 2.75) is 77.3 Å². The molecule has 166 valence electrons. The first-order chi connectivity index (χ1) is 14.3. The van der Waals surface area contributed by atoms with E-state index in [0.29, 0.717) is 55.0 Å². The molecule has 9 atom stereocenters. The fourth-order valence-corrected chi connectivity index (χ4v) is 7.18. The molecule has 0 aromatic heterocycles. The first kappa shape index (κ1) is 20.3. The first-order valence-corrected chi connectivity index (χ1v) is 11.7. The van der Waals surface area contributed by atoms with Gasteiger partial charge in [0.1, 0.15) is 11.7 Å². The Hall–Kier alpha value is -1.56. The molecular weight excluding hydrogens is 384 g/mol. The predicted octanol–water partition coefficient (Wildman–Crippen LogP) is 4.47. The highest BCUT2D eigenvalue weighted by atomic mass is 16.8. The molecule has 0 aromatic carbocycles. The summed E-state index contributed by atoms with van der Waals surface area (Å²) < 4.78 is 22.5. The number of esters is 1. The number of rotatable bonds is 4.